The van der Waals surface area contributed by atoms with Crippen molar-refractivity contribution in [1.29, 1.82) is 0 Å². The molecule has 2 fully saturated rings. The third-order valence-corrected chi connectivity index (χ3v) is 5.65. The Balaban J connectivity index is 1.81. The van der Waals surface area contributed by atoms with Crippen molar-refractivity contribution >= 4 is 11.9 Å². The van der Waals surface area contributed by atoms with Gasteiger partial charge in [0.05, 0.1) is 27.8 Å². The highest BCUT2D eigenvalue weighted by Gasteiger charge is 2.47. The molecule has 0 bridgehead atoms. The van der Waals surface area contributed by atoms with Crippen LogP contribution in [0.2, 0.25) is 0 Å². The minimum Gasteiger partial charge on any atom is -0.493 e. The van der Waals surface area contributed by atoms with E-state index in [0.29, 0.717) is 17.4 Å². The predicted octanol–water partition coefficient (Wildman–Crippen LogP) is 2.58. The highest BCUT2D eigenvalue weighted by molar-refractivity contribution is 5.87. The van der Waals surface area contributed by atoms with Crippen molar-refractivity contribution in [3.05, 3.63) is 23.8 Å². The van der Waals surface area contributed by atoms with Crippen LogP contribution in [-0.2, 0) is 20.7 Å². The van der Waals surface area contributed by atoms with Crippen LogP contribution in [0.3, 0.4) is 0 Å². The number of nitrogens with zero attached hydrogens (tertiary/aromatic N) is 1. The lowest BCUT2D eigenvalue weighted by atomic mass is 9.84. The maximum Gasteiger partial charge on any atom is 0.328 e. The summed E-state index contributed by atoms with van der Waals surface area (Å²) in [5.74, 6) is 1.30. The van der Waals surface area contributed by atoms with Gasteiger partial charge in [0.25, 0.3) is 0 Å². The van der Waals surface area contributed by atoms with Crippen molar-refractivity contribution in [2.75, 3.05) is 21.3 Å². The maximum absolute atomic E-state index is 13.1. The summed E-state index contributed by atoms with van der Waals surface area (Å²) in [6.07, 6.45) is 5.28. The lowest BCUT2D eigenvalue weighted by Crippen LogP contribution is -2.47. The summed E-state index contributed by atoms with van der Waals surface area (Å²) in [7, 11) is 4.54. The third kappa shape index (κ3) is 3.50. The first-order valence-corrected chi connectivity index (χ1v) is 9.19. The van der Waals surface area contributed by atoms with Gasteiger partial charge in [-0.3, -0.25) is 4.79 Å². The van der Waals surface area contributed by atoms with E-state index in [9.17, 15) is 9.59 Å². The topological polar surface area (TPSA) is 65.1 Å². The van der Waals surface area contributed by atoms with Gasteiger partial charge >= 0.3 is 5.97 Å². The number of rotatable bonds is 5. The summed E-state index contributed by atoms with van der Waals surface area (Å²) < 4.78 is 15.5. The van der Waals surface area contributed by atoms with E-state index in [2.05, 4.69) is 0 Å². The van der Waals surface area contributed by atoms with Crippen LogP contribution in [0.15, 0.2) is 18.2 Å². The van der Waals surface area contributed by atoms with Crippen LogP contribution in [-0.4, -0.2) is 50.2 Å². The molecule has 6 heteroatoms. The number of methoxy groups -OCH3 is 3. The highest BCUT2D eigenvalue weighted by Crippen LogP contribution is 2.40. The van der Waals surface area contributed by atoms with Crippen LogP contribution in [0.25, 0.3) is 0 Å². The number of benzene rings is 1. The van der Waals surface area contributed by atoms with Crippen molar-refractivity contribution in [2.24, 2.45) is 5.92 Å². The first kappa shape index (κ1) is 18.5. The SMILES string of the molecule is COC(=O)[C@@H]1C[C@H]2CCCC[C@H]2N1C(=O)Cc1ccc(OC)c(OC)c1. The Morgan fingerprint density at radius 3 is 2.50 bits per heavy atom. The number of amides is 1. The molecule has 142 valence electrons. The van der Waals surface area contributed by atoms with Crippen molar-refractivity contribution in [2.45, 2.75) is 50.6 Å². The zero-order valence-electron chi connectivity index (χ0n) is 15.7. The van der Waals surface area contributed by atoms with Gasteiger partial charge in [-0.25, -0.2) is 4.79 Å². The van der Waals surface area contributed by atoms with Gasteiger partial charge in [0, 0.05) is 6.04 Å². The van der Waals surface area contributed by atoms with Gasteiger partial charge in [-0.2, -0.15) is 0 Å². The Hall–Kier alpha value is -2.24. The Bertz CT molecular complexity index is 674. The van der Waals surface area contributed by atoms with Crippen LogP contribution in [0.5, 0.6) is 11.5 Å². The number of hydrogen-bond donors (Lipinski definition) is 0. The average molecular weight is 361 g/mol. The van der Waals surface area contributed by atoms with Crippen molar-refractivity contribution in [3.8, 4) is 11.5 Å². The van der Waals surface area contributed by atoms with E-state index in [0.717, 1.165) is 31.2 Å². The quantitative estimate of drug-likeness (QED) is 0.754. The molecule has 1 aliphatic carbocycles. The number of hydrogen-bond acceptors (Lipinski definition) is 5. The molecule has 1 aromatic carbocycles. The van der Waals surface area contributed by atoms with Crippen molar-refractivity contribution < 1.29 is 23.8 Å². The summed E-state index contributed by atoms with van der Waals surface area (Å²) in [6, 6.07) is 5.17. The molecule has 1 amide bonds. The van der Waals surface area contributed by atoms with Gasteiger partial charge < -0.3 is 19.1 Å². The number of carbonyl (C=O) groups excluding carboxylic acids is 2. The summed E-state index contributed by atoms with van der Waals surface area (Å²) in [6.45, 7) is 0. The summed E-state index contributed by atoms with van der Waals surface area (Å²) >= 11 is 0. The van der Waals surface area contributed by atoms with E-state index in [-0.39, 0.29) is 24.3 Å². The zero-order valence-corrected chi connectivity index (χ0v) is 15.7. The van der Waals surface area contributed by atoms with Crippen molar-refractivity contribution in [1.82, 2.24) is 4.90 Å². The molecule has 0 spiro atoms. The molecule has 3 rings (SSSR count). The number of likely N-dealkylation sites (tertiary alicyclic amines) is 1. The van der Waals surface area contributed by atoms with Crippen molar-refractivity contribution in [3.63, 3.8) is 0 Å². The fourth-order valence-electron chi connectivity index (χ4n) is 4.42. The largest absolute Gasteiger partial charge is 0.493 e. The zero-order chi connectivity index (χ0) is 18.7. The van der Waals surface area contributed by atoms with Crippen LogP contribution in [0.4, 0.5) is 0 Å². The predicted molar refractivity (Wildman–Crippen MR) is 96.3 cm³/mol. The molecule has 0 unspecified atom stereocenters. The van der Waals surface area contributed by atoms with Gasteiger partial charge in [-0.15, -0.1) is 0 Å². The Morgan fingerprint density at radius 1 is 1.08 bits per heavy atom. The second-order valence-corrected chi connectivity index (χ2v) is 7.05. The first-order valence-electron chi connectivity index (χ1n) is 9.19. The molecule has 2 aliphatic rings. The molecule has 1 saturated carbocycles. The molecule has 0 N–H and O–H groups in total. The van der Waals surface area contributed by atoms with Gasteiger partial charge in [0.15, 0.2) is 11.5 Å². The molecule has 26 heavy (non-hydrogen) atoms. The fourth-order valence-corrected chi connectivity index (χ4v) is 4.42. The Morgan fingerprint density at radius 2 is 1.81 bits per heavy atom. The number of esters is 1. The minimum atomic E-state index is -0.458. The van der Waals surface area contributed by atoms with Gasteiger partial charge in [0.2, 0.25) is 5.91 Å². The summed E-state index contributed by atoms with van der Waals surface area (Å²) in [4.78, 5) is 27.2. The lowest BCUT2D eigenvalue weighted by Gasteiger charge is -2.33. The Kier molecular flexibility index (Phi) is 5.69. The molecule has 3 atom stereocenters. The number of fused-ring (bicyclic) bond motifs is 1. The Labute approximate surface area is 154 Å². The van der Waals surface area contributed by atoms with E-state index in [1.807, 2.05) is 12.1 Å². The van der Waals surface area contributed by atoms with E-state index < -0.39 is 6.04 Å². The van der Waals surface area contributed by atoms with E-state index in [1.165, 1.54) is 13.5 Å². The molecule has 0 aromatic heterocycles. The number of carbonyl (C=O) groups is 2. The summed E-state index contributed by atoms with van der Waals surface area (Å²) in [5.41, 5.74) is 0.843. The molecule has 1 aliphatic heterocycles. The molecule has 1 aromatic rings. The van der Waals surface area contributed by atoms with Gasteiger partial charge in [-0.05, 0) is 42.9 Å². The minimum absolute atomic E-state index is 0.0259. The second-order valence-electron chi connectivity index (χ2n) is 7.05. The first-order chi connectivity index (χ1) is 12.6. The monoisotopic (exact) mass is 361 g/mol. The average Bonchev–Trinajstić information content (AvgIpc) is 3.06. The normalized spacial score (nSPS) is 24.7. The highest BCUT2D eigenvalue weighted by atomic mass is 16.5. The molecule has 1 heterocycles. The molecule has 6 nitrogen and oxygen atoms in total. The van der Waals surface area contributed by atoms with Gasteiger partial charge in [0.1, 0.15) is 6.04 Å². The fraction of sp³-hybridized carbons (Fsp3) is 0.600. The van der Waals surface area contributed by atoms with Gasteiger partial charge in [-0.1, -0.05) is 18.9 Å². The second kappa shape index (κ2) is 7.98. The molecule has 0 radical (unpaired) electrons. The molecular weight excluding hydrogens is 334 g/mol. The van der Waals surface area contributed by atoms with Crippen LogP contribution in [0.1, 0.15) is 37.7 Å². The summed E-state index contributed by atoms with van der Waals surface area (Å²) in [5, 5.41) is 0. The smallest absolute Gasteiger partial charge is 0.328 e. The maximum atomic E-state index is 13.1. The van der Waals surface area contributed by atoms with Crippen LogP contribution in [0, 0.1) is 5.92 Å². The standard InChI is InChI=1S/C20H27NO5/c1-24-17-9-8-13(10-18(17)25-2)11-19(22)21-15-7-5-4-6-14(15)12-16(21)20(23)26-3/h8-10,14-16H,4-7,11-12H2,1-3H3/t14-,15-,16+/m1/s1. The molecular formula is C20H27NO5. The van der Waals surface area contributed by atoms with Crippen LogP contribution >= 0.6 is 0 Å². The van der Waals surface area contributed by atoms with E-state index in [4.69, 9.17) is 14.2 Å². The number of ether oxygens (including phenoxy) is 3. The lowest BCUT2D eigenvalue weighted by molar-refractivity contribution is -0.152. The third-order valence-electron chi connectivity index (χ3n) is 5.65. The molecule has 1 saturated heterocycles. The van der Waals surface area contributed by atoms with E-state index in [1.54, 1.807) is 25.2 Å². The van der Waals surface area contributed by atoms with Crippen LogP contribution < -0.4 is 9.47 Å². The van der Waals surface area contributed by atoms with E-state index >= 15 is 0 Å².